The number of aryl methyl sites for hydroxylation is 3. The fourth-order valence-corrected chi connectivity index (χ4v) is 3.43. The van der Waals surface area contributed by atoms with Crippen LogP contribution in [0.15, 0.2) is 33.7 Å². The number of rotatable bonds is 8. The highest BCUT2D eigenvalue weighted by Gasteiger charge is 2.40. The van der Waals surface area contributed by atoms with Crippen LogP contribution in [0, 0.1) is 19.8 Å². The maximum atomic E-state index is 12.4. The lowest BCUT2D eigenvalue weighted by Crippen LogP contribution is -2.24. The van der Waals surface area contributed by atoms with E-state index in [0.29, 0.717) is 36.6 Å². The Bertz CT molecular complexity index is 1070. The molecule has 0 spiro atoms. The Balaban J connectivity index is 1.38. The predicted molar refractivity (Wildman–Crippen MR) is 110 cm³/mol. The molecule has 0 aromatic carbocycles. The van der Waals surface area contributed by atoms with Crippen molar-refractivity contribution in [2.45, 2.75) is 32.7 Å². The summed E-state index contributed by atoms with van der Waals surface area (Å²) in [5.41, 5.74) is 2.98. The second kappa shape index (κ2) is 8.17. The minimum absolute atomic E-state index is 0.221. The molecular weight excluding hydrogens is 386 g/mol. The van der Waals surface area contributed by atoms with E-state index >= 15 is 0 Å². The van der Waals surface area contributed by atoms with E-state index in [1.807, 2.05) is 26.0 Å². The zero-order valence-electron chi connectivity index (χ0n) is 17.5. The highest BCUT2D eigenvalue weighted by atomic mass is 16.5. The van der Waals surface area contributed by atoms with Crippen LogP contribution in [-0.2, 0) is 13.6 Å². The van der Waals surface area contributed by atoms with Crippen LogP contribution in [0.3, 0.4) is 0 Å². The third-order valence-corrected chi connectivity index (χ3v) is 5.42. The average molecular weight is 411 g/mol. The van der Waals surface area contributed by atoms with E-state index in [4.69, 9.17) is 14.0 Å². The maximum absolute atomic E-state index is 12.4. The molecule has 1 aliphatic carbocycles. The minimum Gasteiger partial charge on any atom is -0.495 e. The van der Waals surface area contributed by atoms with Crippen molar-refractivity contribution in [3.05, 3.63) is 57.5 Å². The SMILES string of the molecule is COc1ccc([C@@H]2CC2COc2cc(NCc3c(C)noc3C)c(=O)n(C)n2)nc1. The van der Waals surface area contributed by atoms with Crippen LogP contribution >= 0.6 is 0 Å². The highest BCUT2D eigenvalue weighted by Crippen LogP contribution is 2.46. The fourth-order valence-electron chi connectivity index (χ4n) is 3.43. The van der Waals surface area contributed by atoms with Crippen molar-refractivity contribution in [3.8, 4) is 11.6 Å². The van der Waals surface area contributed by atoms with Crippen LogP contribution in [0.4, 0.5) is 5.69 Å². The first-order valence-corrected chi connectivity index (χ1v) is 9.83. The summed E-state index contributed by atoms with van der Waals surface area (Å²) in [5.74, 6) is 2.64. The molecule has 0 aliphatic heterocycles. The Kier molecular flexibility index (Phi) is 5.43. The van der Waals surface area contributed by atoms with Crippen molar-refractivity contribution in [3.63, 3.8) is 0 Å². The smallest absolute Gasteiger partial charge is 0.290 e. The van der Waals surface area contributed by atoms with Crippen molar-refractivity contribution < 1.29 is 14.0 Å². The van der Waals surface area contributed by atoms with Gasteiger partial charge in [0.2, 0.25) is 5.88 Å². The molecule has 1 fully saturated rings. The molecule has 0 saturated heterocycles. The minimum atomic E-state index is -0.221. The van der Waals surface area contributed by atoms with Gasteiger partial charge in [0.25, 0.3) is 5.56 Å². The third kappa shape index (κ3) is 4.14. The Morgan fingerprint density at radius 1 is 1.33 bits per heavy atom. The van der Waals surface area contributed by atoms with Gasteiger partial charge in [0.15, 0.2) is 0 Å². The Hall–Kier alpha value is -3.36. The number of nitrogens with one attached hydrogen (secondary N) is 1. The third-order valence-electron chi connectivity index (χ3n) is 5.42. The van der Waals surface area contributed by atoms with Crippen LogP contribution in [-0.4, -0.2) is 33.6 Å². The van der Waals surface area contributed by atoms with Gasteiger partial charge in [-0.2, -0.15) is 0 Å². The van der Waals surface area contributed by atoms with E-state index in [1.165, 1.54) is 4.68 Å². The predicted octanol–water partition coefficient (Wildman–Crippen LogP) is 2.58. The van der Waals surface area contributed by atoms with E-state index in [-0.39, 0.29) is 5.56 Å². The summed E-state index contributed by atoms with van der Waals surface area (Å²) in [7, 11) is 3.24. The lowest BCUT2D eigenvalue weighted by molar-refractivity contribution is 0.278. The van der Waals surface area contributed by atoms with E-state index in [0.717, 1.165) is 34.9 Å². The van der Waals surface area contributed by atoms with Gasteiger partial charge in [-0.25, -0.2) is 4.68 Å². The van der Waals surface area contributed by atoms with Gasteiger partial charge in [-0.3, -0.25) is 9.78 Å². The van der Waals surface area contributed by atoms with Gasteiger partial charge in [-0.05, 0) is 32.4 Å². The van der Waals surface area contributed by atoms with Gasteiger partial charge in [0.1, 0.15) is 17.2 Å². The standard InChI is InChI=1S/C21H25N5O4/c1-12-17(13(2)30-25-12)10-23-19-8-20(24-26(3)21(19)27)29-11-14-7-16(14)18-6-5-15(28-4)9-22-18/h5-6,8-9,14,16,23H,7,10-11H2,1-4H3/t14?,16-/m1/s1. The van der Waals surface area contributed by atoms with Crippen molar-refractivity contribution in [1.29, 1.82) is 0 Å². The summed E-state index contributed by atoms with van der Waals surface area (Å²) in [6, 6.07) is 5.55. The van der Waals surface area contributed by atoms with E-state index in [1.54, 1.807) is 26.4 Å². The van der Waals surface area contributed by atoms with E-state index < -0.39 is 0 Å². The van der Waals surface area contributed by atoms with Gasteiger partial charge in [0.05, 0.1) is 25.6 Å². The molecule has 4 rings (SSSR count). The van der Waals surface area contributed by atoms with Crippen molar-refractivity contribution >= 4 is 5.69 Å². The van der Waals surface area contributed by atoms with Crippen LogP contribution in [0.1, 0.15) is 35.1 Å². The van der Waals surface area contributed by atoms with Gasteiger partial charge in [-0.15, -0.1) is 5.10 Å². The second-order valence-corrected chi connectivity index (χ2v) is 7.52. The number of anilines is 1. The van der Waals surface area contributed by atoms with Crippen molar-refractivity contribution in [2.24, 2.45) is 13.0 Å². The number of nitrogens with zero attached hydrogens (tertiary/aromatic N) is 4. The number of hydrogen-bond donors (Lipinski definition) is 1. The molecule has 9 nitrogen and oxygen atoms in total. The van der Waals surface area contributed by atoms with Gasteiger partial charge >= 0.3 is 0 Å². The molecule has 3 aromatic heterocycles. The molecule has 3 heterocycles. The first kappa shape index (κ1) is 19.9. The number of ether oxygens (including phenoxy) is 2. The molecule has 1 saturated carbocycles. The molecule has 0 bridgehead atoms. The molecule has 1 unspecified atom stereocenters. The zero-order valence-corrected chi connectivity index (χ0v) is 17.5. The molecule has 30 heavy (non-hydrogen) atoms. The average Bonchev–Trinajstić information content (AvgIpc) is 3.46. The molecular formula is C21H25N5O4. The first-order chi connectivity index (χ1) is 14.5. The van der Waals surface area contributed by atoms with E-state index in [9.17, 15) is 4.79 Å². The highest BCUT2D eigenvalue weighted by molar-refractivity contribution is 5.44. The second-order valence-electron chi connectivity index (χ2n) is 7.52. The topological polar surface area (TPSA) is 104 Å². The quantitative estimate of drug-likeness (QED) is 0.603. The van der Waals surface area contributed by atoms with E-state index in [2.05, 4.69) is 20.6 Å². The molecule has 3 aromatic rings. The van der Waals surface area contributed by atoms with Crippen molar-refractivity contribution in [2.75, 3.05) is 19.0 Å². The molecule has 1 aliphatic rings. The molecule has 9 heteroatoms. The Morgan fingerprint density at radius 2 is 2.17 bits per heavy atom. The monoisotopic (exact) mass is 411 g/mol. The molecule has 158 valence electrons. The van der Waals surface area contributed by atoms with Gasteiger partial charge in [0, 0.05) is 42.8 Å². The lowest BCUT2D eigenvalue weighted by Gasteiger charge is -2.10. The number of methoxy groups -OCH3 is 1. The van der Waals surface area contributed by atoms with Crippen molar-refractivity contribution in [1.82, 2.24) is 19.9 Å². The first-order valence-electron chi connectivity index (χ1n) is 9.83. The maximum Gasteiger partial charge on any atom is 0.290 e. The van der Waals surface area contributed by atoms with Crippen LogP contribution in [0.25, 0.3) is 0 Å². The summed E-state index contributed by atoms with van der Waals surface area (Å²) >= 11 is 0. The molecule has 0 radical (unpaired) electrons. The Morgan fingerprint density at radius 3 is 2.83 bits per heavy atom. The lowest BCUT2D eigenvalue weighted by atomic mass is 10.2. The summed E-state index contributed by atoms with van der Waals surface area (Å²) in [6.45, 7) is 4.68. The zero-order chi connectivity index (χ0) is 21.3. The summed E-state index contributed by atoms with van der Waals surface area (Å²) in [5, 5.41) is 11.3. The van der Waals surface area contributed by atoms with Crippen LogP contribution < -0.4 is 20.3 Å². The molecule has 0 amide bonds. The van der Waals surface area contributed by atoms with Gasteiger partial charge in [-0.1, -0.05) is 5.16 Å². The fraction of sp³-hybridized carbons (Fsp3) is 0.429. The molecule has 1 N–H and O–H groups in total. The molecule has 2 atom stereocenters. The summed E-state index contributed by atoms with van der Waals surface area (Å²) in [4.78, 5) is 16.9. The number of pyridine rings is 1. The van der Waals surface area contributed by atoms with Crippen LogP contribution in [0.2, 0.25) is 0 Å². The van der Waals surface area contributed by atoms with Crippen LogP contribution in [0.5, 0.6) is 11.6 Å². The Labute approximate surface area is 174 Å². The summed E-state index contributed by atoms with van der Waals surface area (Å²) in [6.07, 6.45) is 2.75. The largest absolute Gasteiger partial charge is 0.495 e. The summed E-state index contributed by atoms with van der Waals surface area (Å²) < 4.78 is 17.5. The normalized spacial score (nSPS) is 17.6. The number of hydrogen-bond acceptors (Lipinski definition) is 8. The number of aromatic nitrogens is 4. The van der Waals surface area contributed by atoms with Gasteiger partial charge < -0.3 is 19.3 Å².